The van der Waals surface area contributed by atoms with Crippen LogP contribution in [0.1, 0.15) is 5.56 Å². The van der Waals surface area contributed by atoms with E-state index in [-0.39, 0.29) is 5.56 Å². The van der Waals surface area contributed by atoms with Gasteiger partial charge in [0.1, 0.15) is 11.6 Å². The number of rotatable bonds is 2. The molecule has 0 aliphatic carbocycles. The summed E-state index contributed by atoms with van der Waals surface area (Å²) in [5.74, 6) is -0.952. The van der Waals surface area contributed by atoms with Gasteiger partial charge < -0.3 is 4.90 Å². The minimum absolute atomic E-state index is 0.165. The van der Waals surface area contributed by atoms with E-state index in [4.69, 9.17) is 0 Å². The SMILES string of the molecule is CN1CCN(Cc2c(F)cc(Br)cc2F)CC1. The lowest BCUT2D eigenvalue weighted by Crippen LogP contribution is -2.44. The number of benzene rings is 1. The molecular formula is C12H15BrF2N2. The molecule has 1 aliphatic heterocycles. The van der Waals surface area contributed by atoms with E-state index >= 15 is 0 Å². The largest absolute Gasteiger partial charge is 0.304 e. The zero-order valence-corrected chi connectivity index (χ0v) is 11.3. The van der Waals surface area contributed by atoms with Crippen molar-refractivity contribution >= 4 is 15.9 Å². The molecule has 5 heteroatoms. The highest BCUT2D eigenvalue weighted by molar-refractivity contribution is 9.10. The zero-order valence-electron chi connectivity index (χ0n) is 9.72. The van der Waals surface area contributed by atoms with Crippen molar-refractivity contribution in [2.24, 2.45) is 0 Å². The van der Waals surface area contributed by atoms with Crippen molar-refractivity contribution in [3.05, 3.63) is 33.8 Å². The van der Waals surface area contributed by atoms with E-state index in [2.05, 4.69) is 32.8 Å². The number of halogens is 3. The zero-order chi connectivity index (χ0) is 12.4. The van der Waals surface area contributed by atoms with Crippen LogP contribution in [0.25, 0.3) is 0 Å². The first-order chi connectivity index (χ1) is 8.06. The molecule has 2 rings (SSSR count). The van der Waals surface area contributed by atoms with Gasteiger partial charge in [-0.25, -0.2) is 8.78 Å². The number of hydrogen-bond acceptors (Lipinski definition) is 2. The Bertz CT molecular complexity index is 380. The van der Waals surface area contributed by atoms with Gasteiger partial charge in [0, 0.05) is 42.8 Å². The third-order valence-electron chi connectivity index (χ3n) is 3.08. The molecule has 0 unspecified atom stereocenters. The smallest absolute Gasteiger partial charge is 0.131 e. The van der Waals surface area contributed by atoms with Crippen LogP contribution in [0.3, 0.4) is 0 Å². The maximum atomic E-state index is 13.6. The van der Waals surface area contributed by atoms with E-state index in [0.29, 0.717) is 11.0 Å². The lowest BCUT2D eigenvalue weighted by molar-refractivity contribution is 0.145. The Hall–Kier alpha value is -0.520. The van der Waals surface area contributed by atoms with Gasteiger partial charge in [0.05, 0.1) is 0 Å². The third kappa shape index (κ3) is 3.24. The topological polar surface area (TPSA) is 6.48 Å². The minimum atomic E-state index is -0.476. The van der Waals surface area contributed by atoms with Gasteiger partial charge in [0.25, 0.3) is 0 Å². The van der Waals surface area contributed by atoms with Crippen molar-refractivity contribution in [2.75, 3.05) is 33.2 Å². The first-order valence-corrected chi connectivity index (χ1v) is 6.40. The van der Waals surface area contributed by atoms with Crippen LogP contribution in [0.5, 0.6) is 0 Å². The Labute approximate surface area is 108 Å². The number of piperazine rings is 1. The summed E-state index contributed by atoms with van der Waals surface area (Å²) in [4.78, 5) is 4.29. The van der Waals surface area contributed by atoms with Crippen molar-refractivity contribution in [3.63, 3.8) is 0 Å². The molecule has 0 atom stereocenters. The number of nitrogens with zero attached hydrogens (tertiary/aromatic N) is 2. The Morgan fingerprint density at radius 3 is 2.18 bits per heavy atom. The Kier molecular flexibility index (Phi) is 4.12. The van der Waals surface area contributed by atoms with Gasteiger partial charge in [-0.15, -0.1) is 0 Å². The summed E-state index contributed by atoms with van der Waals surface area (Å²) >= 11 is 3.08. The van der Waals surface area contributed by atoms with Crippen LogP contribution in [0.15, 0.2) is 16.6 Å². The monoisotopic (exact) mass is 304 g/mol. The van der Waals surface area contributed by atoms with E-state index in [1.165, 1.54) is 12.1 Å². The summed E-state index contributed by atoms with van der Waals surface area (Å²) in [6.07, 6.45) is 0. The molecule has 1 fully saturated rings. The van der Waals surface area contributed by atoms with Crippen LogP contribution >= 0.6 is 15.9 Å². The van der Waals surface area contributed by atoms with Crippen molar-refractivity contribution in [3.8, 4) is 0 Å². The highest BCUT2D eigenvalue weighted by Crippen LogP contribution is 2.21. The van der Waals surface area contributed by atoms with Gasteiger partial charge >= 0.3 is 0 Å². The molecule has 0 bridgehead atoms. The maximum absolute atomic E-state index is 13.6. The molecular weight excluding hydrogens is 290 g/mol. The summed E-state index contributed by atoms with van der Waals surface area (Å²) in [6, 6.07) is 2.63. The number of likely N-dealkylation sites (N-methyl/N-ethyl adjacent to an activating group) is 1. The number of hydrogen-bond donors (Lipinski definition) is 0. The minimum Gasteiger partial charge on any atom is -0.304 e. The van der Waals surface area contributed by atoms with Gasteiger partial charge in [-0.05, 0) is 19.2 Å². The highest BCUT2D eigenvalue weighted by Gasteiger charge is 2.18. The second-order valence-corrected chi connectivity index (χ2v) is 5.34. The molecule has 0 N–H and O–H groups in total. The molecule has 1 heterocycles. The summed E-state index contributed by atoms with van der Waals surface area (Å²) in [5.41, 5.74) is 0.165. The summed E-state index contributed by atoms with van der Waals surface area (Å²) < 4.78 is 27.7. The first kappa shape index (κ1) is 12.9. The van der Waals surface area contributed by atoms with Crippen molar-refractivity contribution in [2.45, 2.75) is 6.54 Å². The van der Waals surface area contributed by atoms with Crippen LogP contribution in [0, 0.1) is 11.6 Å². The fraction of sp³-hybridized carbons (Fsp3) is 0.500. The molecule has 0 spiro atoms. The molecule has 0 saturated carbocycles. The van der Waals surface area contributed by atoms with Crippen LogP contribution in [-0.2, 0) is 6.54 Å². The van der Waals surface area contributed by atoms with Crippen molar-refractivity contribution in [1.82, 2.24) is 9.80 Å². The standard InChI is InChI=1S/C12H15BrF2N2/c1-16-2-4-17(5-3-16)8-10-11(14)6-9(13)7-12(10)15/h6-7H,2-5,8H2,1H3. The Balaban J connectivity index is 2.08. The van der Waals surface area contributed by atoms with Gasteiger partial charge in [-0.2, -0.15) is 0 Å². The van der Waals surface area contributed by atoms with E-state index in [1.807, 2.05) is 0 Å². The normalized spacial score (nSPS) is 18.6. The first-order valence-electron chi connectivity index (χ1n) is 5.60. The lowest BCUT2D eigenvalue weighted by Gasteiger charge is -2.32. The van der Waals surface area contributed by atoms with Crippen LogP contribution < -0.4 is 0 Å². The van der Waals surface area contributed by atoms with E-state index in [1.54, 1.807) is 0 Å². The third-order valence-corrected chi connectivity index (χ3v) is 3.54. The Morgan fingerprint density at radius 1 is 1.12 bits per heavy atom. The molecule has 1 aromatic carbocycles. The van der Waals surface area contributed by atoms with Crippen LogP contribution in [0.2, 0.25) is 0 Å². The maximum Gasteiger partial charge on any atom is 0.131 e. The lowest BCUT2D eigenvalue weighted by atomic mass is 10.1. The van der Waals surface area contributed by atoms with Gasteiger partial charge in [0.15, 0.2) is 0 Å². The average molecular weight is 305 g/mol. The van der Waals surface area contributed by atoms with Gasteiger partial charge in [-0.1, -0.05) is 15.9 Å². The van der Waals surface area contributed by atoms with Crippen LogP contribution in [0.4, 0.5) is 8.78 Å². The molecule has 94 valence electrons. The van der Waals surface area contributed by atoms with Gasteiger partial charge in [0.2, 0.25) is 0 Å². The van der Waals surface area contributed by atoms with Crippen LogP contribution in [-0.4, -0.2) is 43.0 Å². The predicted molar refractivity (Wildman–Crippen MR) is 66.8 cm³/mol. The van der Waals surface area contributed by atoms with E-state index in [9.17, 15) is 8.78 Å². The molecule has 2 nitrogen and oxygen atoms in total. The molecule has 1 saturated heterocycles. The Morgan fingerprint density at radius 2 is 1.65 bits per heavy atom. The molecule has 1 aliphatic rings. The second kappa shape index (κ2) is 5.42. The van der Waals surface area contributed by atoms with Crippen molar-refractivity contribution in [1.29, 1.82) is 0 Å². The fourth-order valence-corrected chi connectivity index (χ4v) is 2.35. The summed E-state index contributed by atoms with van der Waals surface area (Å²) in [5, 5.41) is 0. The summed E-state index contributed by atoms with van der Waals surface area (Å²) in [6.45, 7) is 3.94. The second-order valence-electron chi connectivity index (χ2n) is 4.43. The quantitative estimate of drug-likeness (QED) is 0.828. The fourth-order valence-electron chi connectivity index (χ4n) is 1.95. The molecule has 0 aromatic heterocycles. The molecule has 0 amide bonds. The molecule has 1 aromatic rings. The van der Waals surface area contributed by atoms with Crippen molar-refractivity contribution < 1.29 is 8.78 Å². The van der Waals surface area contributed by atoms with E-state index < -0.39 is 11.6 Å². The molecule has 17 heavy (non-hydrogen) atoms. The van der Waals surface area contributed by atoms with Gasteiger partial charge in [-0.3, -0.25) is 4.90 Å². The predicted octanol–water partition coefficient (Wildman–Crippen LogP) is 2.47. The highest BCUT2D eigenvalue weighted by atomic mass is 79.9. The molecule has 0 radical (unpaired) electrons. The van der Waals surface area contributed by atoms with E-state index in [0.717, 1.165) is 26.2 Å². The average Bonchev–Trinajstić information content (AvgIpc) is 2.26. The summed E-state index contributed by atoms with van der Waals surface area (Å²) in [7, 11) is 2.05.